The average molecular weight is 290 g/mol. The maximum atomic E-state index is 9.27. The first-order valence-electron chi connectivity index (χ1n) is 7.58. The fraction of sp³-hybridized carbons (Fsp3) is 0.588. The number of nitriles is 1. The van der Waals surface area contributed by atoms with Crippen molar-refractivity contribution in [1.82, 2.24) is 5.32 Å². The van der Waals surface area contributed by atoms with Gasteiger partial charge < -0.3 is 9.47 Å². The molecule has 0 heterocycles. The van der Waals surface area contributed by atoms with E-state index in [0.717, 1.165) is 31.1 Å². The highest BCUT2D eigenvalue weighted by atomic mass is 16.5. The molecule has 2 unspecified atom stereocenters. The third kappa shape index (κ3) is 6.05. The lowest BCUT2D eigenvalue weighted by Gasteiger charge is -2.26. The second kappa shape index (κ2) is 8.53. The number of nitrogens with zero attached hydrogens (tertiary/aromatic N) is 1. The van der Waals surface area contributed by atoms with Crippen molar-refractivity contribution in [2.75, 3.05) is 13.2 Å². The molecule has 1 rings (SSSR count). The van der Waals surface area contributed by atoms with E-state index in [1.807, 2.05) is 45.0 Å². The minimum atomic E-state index is -0.557. The van der Waals surface area contributed by atoms with Gasteiger partial charge >= 0.3 is 0 Å². The summed E-state index contributed by atoms with van der Waals surface area (Å²) in [7, 11) is 0. The summed E-state index contributed by atoms with van der Waals surface area (Å²) >= 11 is 0. The van der Waals surface area contributed by atoms with Crippen LogP contribution in [-0.4, -0.2) is 24.8 Å². The number of rotatable bonds is 9. The lowest BCUT2D eigenvalue weighted by Crippen LogP contribution is -2.44. The standard InChI is InChI=1S/C17H26N2O2/c1-5-11-20-15-7-9-16(10-8-15)21-14(3)12-17(4,13-18)19-6-2/h7-10,14,19H,5-6,11-12H2,1-4H3. The third-order valence-electron chi connectivity index (χ3n) is 3.14. The highest BCUT2D eigenvalue weighted by Crippen LogP contribution is 2.21. The van der Waals surface area contributed by atoms with E-state index in [2.05, 4.69) is 18.3 Å². The summed E-state index contributed by atoms with van der Waals surface area (Å²) in [5, 5.41) is 12.5. The van der Waals surface area contributed by atoms with Crippen molar-refractivity contribution in [2.45, 2.75) is 52.2 Å². The van der Waals surface area contributed by atoms with Crippen molar-refractivity contribution in [3.8, 4) is 17.6 Å². The monoisotopic (exact) mass is 290 g/mol. The lowest BCUT2D eigenvalue weighted by molar-refractivity contribution is 0.180. The Morgan fingerprint density at radius 3 is 2.38 bits per heavy atom. The fourth-order valence-electron chi connectivity index (χ4n) is 2.23. The molecule has 0 aliphatic heterocycles. The van der Waals surface area contributed by atoms with Gasteiger partial charge in [0.2, 0.25) is 0 Å². The van der Waals surface area contributed by atoms with Crippen molar-refractivity contribution in [1.29, 1.82) is 5.26 Å². The zero-order valence-electron chi connectivity index (χ0n) is 13.5. The summed E-state index contributed by atoms with van der Waals surface area (Å²) in [4.78, 5) is 0. The zero-order chi connectivity index (χ0) is 15.7. The highest BCUT2D eigenvalue weighted by Gasteiger charge is 2.26. The van der Waals surface area contributed by atoms with Gasteiger partial charge in [-0.05, 0) is 51.1 Å². The van der Waals surface area contributed by atoms with Crippen molar-refractivity contribution in [3.63, 3.8) is 0 Å². The molecule has 4 nitrogen and oxygen atoms in total. The molecule has 0 fully saturated rings. The van der Waals surface area contributed by atoms with Gasteiger partial charge in [0.1, 0.15) is 17.0 Å². The Morgan fingerprint density at radius 1 is 1.24 bits per heavy atom. The molecule has 116 valence electrons. The minimum Gasteiger partial charge on any atom is -0.494 e. The summed E-state index contributed by atoms with van der Waals surface area (Å²) in [6.45, 7) is 9.44. The van der Waals surface area contributed by atoms with Gasteiger partial charge in [-0.2, -0.15) is 5.26 Å². The summed E-state index contributed by atoms with van der Waals surface area (Å²) in [5.41, 5.74) is -0.557. The molecular weight excluding hydrogens is 264 g/mol. The molecule has 0 amide bonds. The van der Waals surface area contributed by atoms with E-state index >= 15 is 0 Å². The molecule has 0 aliphatic carbocycles. The second-order valence-electron chi connectivity index (χ2n) is 5.43. The molecular formula is C17H26N2O2. The highest BCUT2D eigenvalue weighted by molar-refractivity contribution is 5.31. The Hall–Kier alpha value is -1.73. The molecule has 21 heavy (non-hydrogen) atoms. The van der Waals surface area contributed by atoms with Crippen LogP contribution < -0.4 is 14.8 Å². The van der Waals surface area contributed by atoms with Crippen LogP contribution in [-0.2, 0) is 0 Å². The first-order chi connectivity index (χ1) is 10.0. The topological polar surface area (TPSA) is 54.3 Å². The predicted molar refractivity (Wildman–Crippen MR) is 84.6 cm³/mol. The Bertz CT molecular complexity index is 453. The van der Waals surface area contributed by atoms with E-state index in [9.17, 15) is 5.26 Å². The van der Waals surface area contributed by atoms with Gasteiger partial charge in [-0.15, -0.1) is 0 Å². The fourth-order valence-corrected chi connectivity index (χ4v) is 2.23. The molecule has 0 saturated heterocycles. The van der Waals surface area contributed by atoms with Crippen LogP contribution >= 0.6 is 0 Å². The van der Waals surface area contributed by atoms with Crippen LogP contribution in [0.5, 0.6) is 11.5 Å². The van der Waals surface area contributed by atoms with Gasteiger partial charge in [0.15, 0.2) is 0 Å². The Morgan fingerprint density at radius 2 is 1.86 bits per heavy atom. The SMILES string of the molecule is CCCOc1ccc(OC(C)CC(C)(C#N)NCC)cc1. The number of nitrogens with one attached hydrogen (secondary N) is 1. The molecule has 1 aromatic carbocycles. The molecule has 0 spiro atoms. The van der Waals surface area contributed by atoms with Crippen LogP contribution in [0.25, 0.3) is 0 Å². The van der Waals surface area contributed by atoms with Gasteiger partial charge in [-0.25, -0.2) is 0 Å². The Kier molecular flexibility index (Phi) is 7.04. The molecule has 0 aromatic heterocycles. The molecule has 4 heteroatoms. The second-order valence-corrected chi connectivity index (χ2v) is 5.43. The Balaban J connectivity index is 2.54. The van der Waals surface area contributed by atoms with Gasteiger partial charge in [0, 0.05) is 6.42 Å². The molecule has 0 saturated carbocycles. The van der Waals surface area contributed by atoms with Crippen molar-refractivity contribution >= 4 is 0 Å². The summed E-state index contributed by atoms with van der Waals surface area (Å²) in [5.74, 6) is 1.65. The largest absolute Gasteiger partial charge is 0.494 e. The van der Waals surface area contributed by atoms with Crippen LogP contribution in [0.3, 0.4) is 0 Å². The van der Waals surface area contributed by atoms with Crippen molar-refractivity contribution in [3.05, 3.63) is 24.3 Å². The van der Waals surface area contributed by atoms with Crippen molar-refractivity contribution < 1.29 is 9.47 Å². The van der Waals surface area contributed by atoms with E-state index < -0.39 is 5.54 Å². The molecule has 0 bridgehead atoms. The van der Waals surface area contributed by atoms with Crippen molar-refractivity contribution in [2.24, 2.45) is 0 Å². The number of ether oxygens (including phenoxy) is 2. The normalized spacial score (nSPS) is 14.8. The first kappa shape index (κ1) is 17.3. The third-order valence-corrected chi connectivity index (χ3v) is 3.14. The molecule has 2 atom stereocenters. The number of hydrogen-bond acceptors (Lipinski definition) is 4. The Labute approximate surface area is 128 Å². The smallest absolute Gasteiger partial charge is 0.119 e. The van der Waals surface area contributed by atoms with Gasteiger partial charge in [-0.3, -0.25) is 5.32 Å². The quantitative estimate of drug-likeness (QED) is 0.756. The maximum absolute atomic E-state index is 9.27. The van der Waals surface area contributed by atoms with E-state index in [1.165, 1.54) is 0 Å². The first-order valence-corrected chi connectivity index (χ1v) is 7.58. The molecule has 1 aromatic rings. The van der Waals surface area contributed by atoms with Crippen LogP contribution in [0, 0.1) is 11.3 Å². The van der Waals surface area contributed by atoms with Crippen LogP contribution in [0.1, 0.15) is 40.5 Å². The molecule has 1 N–H and O–H groups in total. The summed E-state index contributed by atoms with van der Waals surface area (Å²) < 4.78 is 11.4. The number of benzene rings is 1. The van der Waals surface area contributed by atoms with Crippen LogP contribution in [0.4, 0.5) is 0 Å². The van der Waals surface area contributed by atoms with Gasteiger partial charge in [-0.1, -0.05) is 13.8 Å². The molecule has 0 radical (unpaired) electrons. The average Bonchev–Trinajstić information content (AvgIpc) is 2.46. The van der Waals surface area contributed by atoms with E-state index in [4.69, 9.17) is 9.47 Å². The summed E-state index contributed by atoms with van der Waals surface area (Å²) in [6.07, 6.45) is 1.58. The maximum Gasteiger partial charge on any atom is 0.119 e. The van der Waals surface area contributed by atoms with Gasteiger partial charge in [0.25, 0.3) is 0 Å². The summed E-state index contributed by atoms with van der Waals surface area (Å²) in [6, 6.07) is 9.94. The molecule has 0 aliphatic rings. The van der Waals surface area contributed by atoms with Crippen LogP contribution in [0.2, 0.25) is 0 Å². The lowest BCUT2D eigenvalue weighted by atomic mass is 9.96. The van der Waals surface area contributed by atoms with E-state index in [1.54, 1.807) is 0 Å². The van der Waals surface area contributed by atoms with Gasteiger partial charge in [0.05, 0.1) is 18.8 Å². The predicted octanol–water partition coefficient (Wildman–Crippen LogP) is 3.52. The van der Waals surface area contributed by atoms with E-state index in [0.29, 0.717) is 6.42 Å². The van der Waals surface area contributed by atoms with Crippen LogP contribution in [0.15, 0.2) is 24.3 Å². The zero-order valence-corrected chi connectivity index (χ0v) is 13.5. The number of hydrogen-bond donors (Lipinski definition) is 1. The minimum absolute atomic E-state index is 0.0453. The van der Waals surface area contributed by atoms with E-state index in [-0.39, 0.29) is 6.10 Å².